The predicted octanol–water partition coefficient (Wildman–Crippen LogP) is -2.45. The summed E-state index contributed by atoms with van der Waals surface area (Å²) in [6, 6.07) is -0.625. The third kappa shape index (κ3) is 9.34. The lowest BCUT2D eigenvalue weighted by Gasteiger charge is -2.52. The topological polar surface area (TPSA) is 230 Å². The maximum atomic E-state index is 11.9. The van der Waals surface area contributed by atoms with Crippen molar-refractivity contribution in [2.75, 3.05) is 57.3 Å². The van der Waals surface area contributed by atoms with Gasteiger partial charge in [0.1, 0.15) is 10.7 Å². The molecule has 2 aliphatic heterocycles. The van der Waals surface area contributed by atoms with E-state index in [0.717, 1.165) is 0 Å². The van der Waals surface area contributed by atoms with Gasteiger partial charge in [-0.3, -0.25) is 37.8 Å². The molecular formula is C16H34N4O12S4. The highest BCUT2D eigenvalue weighted by atomic mass is 32.2. The van der Waals surface area contributed by atoms with Gasteiger partial charge in [-0.25, -0.2) is 0 Å². The third-order valence-corrected chi connectivity index (χ3v) is 10.4. The minimum absolute atomic E-state index is 0.0180. The van der Waals surface area contributed by atoms with Gasteiger partial charge in [0.25, 0.3) is 40.5 Å². The Hall–Kier alpha value is -0.520. The van der Waals surface area contributed by atoms with Crippen LogP contribution in [0.15, 0.2) is 0 Å². The van der Waals surface area contributed by atoms with Gasteiger partial charge in [-0.1, -0.05) is 0 Å². The molecule has 0 aliphatic carbocycles. The van der Waals surface area contributed by atoms with Crippen LogP contribution in [-0.2, 0) is 40.5 Å². The second-order valence-electron chi connectivity index (χ2n) is 8.99. The van der Waals surface area contributed by atoms with Crippen molar-refractivity contribution in [3.63, 3.8) is 0 Å². The number of hydrogen-bond donors (Lipinski definition) is 4. The fourth-order valence-electron chi connectivity index (χ4n) is 4.51. The van der Waals surface area contributed by atoms with Crippen molar-refractivity contribution in [3.8, 4) is 0 Å². The fraction of sp³-hybridized carbons (Fsp3) is 1.00. The van der Waals surface area contributed by atoms with Crippen molar-refractivity contribution in [3.05, 3.63) is 0 Å². The molecule has 4 unspecified atom stereocenters. The summed E-state index contributed by atoms with van der Waals surface area (Å²) in [5, 5.41) is -2.66. The van der Waals surface area contributed by atoms with Crippen molar-refractivity contribution in [1.29, 1.82) is 0 Å². The SMILES string of the molecule is CC(N1CCN(C(C)S(=O)(=O)O)C(N2CCN(CCS(=O)(=O)O)C(CCS(=O)(=O)O)C2)C1)S(=O)(=O)O. The molecule has 2 rings (SSSR count). The third-order valence-electron chi connectivity index (χ3n) is 6.67. The van der Waals surface area contributed by atoms with Crippen molar-refractivity contribution in [2.45, 2.75) is 43.2 Å². The molecule has 0 bridgehead atoms. The average Bonchev–Trinajstić information content (AvgIpc) is 2.72. The molecule has 2 aliphatic rings. The first-order chi connectivity index (χ1) is 16.2. The summed E-state index contributed by atoms with van der Waals surface area (Å²) in [4.78, 5) is 6.28. The summed E-state index contributed by atoms with van der Waals surface area (Å²) in [5.74, 6) is -1.24. The summed E-state index contributed by atoms with van der Waals surface area (Å²) in [6.07, 6.45) is -0.885. The van der Waals surface area contributed by atoms with E-state index in [0.29, 0.717) is 0 Å². The lowest BCUT2D eigenvalue weighted by molar-refractivity contribution is -0.0617. The van der Waals surface area contributed by atoms with Gasteiger partial charge < -0.3 is 0 Å². The van der Waals surface area contributed by atoms with Crippen LogP contribution in [0.25, 0.3) is 0 Å². The first kappa shape index (κ1) is 31.7. The van der Waals surface area contributed by atoms with E-state index in [-0.39, 0.29) is 52.2 Å². The Bertz CT molecular complexity index is 1190. The molecule has 16 nitrogen and oxygen atoms in total. The molecule has 0 amide bonds. The molecule has 0 aromatic heterocycles. The molecule has 0 aromatic rings. The molecule has 214 valence electrons. The molecule has 0 spiro atoms. The van der Waals surface area contributed by atoms with Crippen LogP contribution in [-0.4, -0.2) is 152 Å². The summed E-state index contributed by atoms with van der Waals surface area (Å²) in [7, 11) is -17.6. The Labute approximate surface area is 212 Å². The molecule has 0 saturated carbocycles. The maximum Gasteiger partial charge on any atom is 0.281 e. The van der Waals surface area contributed by atoms with Gasteiger partial charge in [-0.05, 0) is 20.3 Å². The molecule has 36 heavy (non-hydrogen) atoms. The van der Waals surface area contributed by atoms with Gasteiger partial charge in [0.15, 0.2) is 0 Å². The summed E-state index contributed by atoms with van der Waals surface area (Å²) in [5.41, 5.74) is 0. The second-order valence-corrected chi connectivity index (χ2v) is 15.6. The molecule has 2 heterocycles. The van der Waals surface area contributed by atoms with Gasteiger partial charge in [0.05, 0.1) is 17.7 Å². The monoisotopic (exact) mass is 602 g/mol. The zero-order valence-corrected chi connectivity index (χ0v) is 23.1. The van der Waals surface area contributed by atoms with E-state index in [4.69, 9.17) is 4.55 Å². The molecule has 2 fully saturated rings. The van der Waals surface area contributed by atoms with Crippen LogP contribution >= 0.6 is 0 Å². The first-order valence-corrected chi connectivity index (χ1v) is 17.2. The minimum Gasteiger partial charge on any atom is -0.297 e. The fourth-order valence-corrected chi connectivity index (χ4v) is 6.70. The normalized spacial score (nSPS) is 26.6. The lowest BCUT2D eigenvalue weighted by atomic mass is 10.1. The van der Waals surface area contributed by atoms with Gasteiger partial charge >= 0.3 is 0 Å². The maximum absolute atomic E-state index is 11.9. The Morgan fingerprint density at radius 2 is 1.28 bits per heavy atom. The quantitative estimate of drug-likeness (QED) is 0.180. The molecule has 0 radical (unpaired) electrons. The highest BCUT2D eigenvalue weighted by Gasteiger charge is 2.43. The molecule has 4 N–H and O–H groups in total. The molecule has 4 atom stereocenters. The Balaban J connectivity index is 2.34. The molecule has 0 aromatic carbocycles. The van der Waals surface area contributed by atoms with Crippen LogP contribution in [0.2, 0.25) is 0 Å². The average molecular weight is 603 g/mol. The predicted molar refractivity (Wildman–Crippen MR) is 128 cm³/mol. The lowest BCUT2D eigenvalue weighted by Crippen LogP contribution is -2.68. The van der Waals surface area contributed by atoms with E-state index in [1.54, 1.807) is 9.80 Å². The number of rotatable bonds is 11. The van der Waals surface area contributed by atoms with Gasteiger partial charge in [-0.15, -0.1) is 0 Å². The number of piperazine rings is 2. The van der Waals surface area contributed by atoms with E-state index in [1.165, 1.54) is 23.6 Å². The summed E-state index contributed by atoms with van der Waals surface area (Å²) >= 11 is 0. The van der Waals surface area contributed by atoms with Crippen LogP contribution in [0.4, 0.5) is 0 Å². The summed E-state index contributed by atoms with van der Waals surface area (Å²) in [6.45, 7) is 2.95. The zero-order valence-electron chi connectivity index (χ0n) is 19.9. The van der Waals surface area contributed by atoms with Crippen LogP contribution in [0.3, 0.4) is 0 Å². The molecule has 2 saturated heterocycles. The van der Waals surface area contributed by atoms with Gasteiger partial charge in [0.2, 0.25) is 0 Å². The van der Waals surface area contributed by atoms with E-state index >= 15 is 0 Å². The Morgan fingerprint density at radius 3 is 1.78 bits per heavy atom. The largest absolute Gasteiger partial charge is 0.297 e. The zero-order chi connectivity index (χ0) is 27.7. The first-order valence-electron chi connectivity index (χ1n) is 11.0. The standard InChI is InChI=1S/C16H34N4O12S4/c1-13(35(27,28)29)18-6-7-20(14(2)36(30,31)32)16(12-18)19-5-4-17(8-10-34(24,25)26)15(11-19)3-9-33(21,22)23/h13-16H,3-12H2,1-2H3,(H,21,22,23)(H,24,25,26)(H,27,28,29)(H,30,31,32). The minimum atomic E-state index is -4.52. The Kier molecular flexibility index (Phi) is 10.3. The second kappa shape index (κ2) is 11.7. The van der Waals surface area contributed by atoms with Crippen molar-refractivity contribution < 1.29 is 51.9 Å². The summed E-state index contributed by atoms with van der Waals surface area (Å²) < 4.78 is 130. The van der Waals surface area contributed by atoms with E-state index in [2.05, 4.69) is 0 Å². The van der Waals surface area contributed by atoms with Gasteiger partial charge in [0, 0.05) is 51.9 Å². The highest BCUT2D eigenvalue weighted by molar-refractivity contribution is 7.86. The van der Waals surface area contributed by atoms with Gasteiger partial charge in [-0.2, -0.15) is 33.7 Å². The van der Waals surface area contributed by atoms with Crippen molar-refractivity contribution in [2.24, 2.45) is 0 Å². The smallest absolute Gasteiger partial charge is 0.281 e. The van der Waals surface area contributed by atoms with Crippen LogP contribution in [0, 0.1) is 0 Å². The number of nitrogens with zero attached hydrogens (tertiary/aromatic N) is 4. The highest BCUT2D eigenvalue weighted by Crippen LogP contribution is 2.25. The van der Waals surface area contributed by atoms with E-state index < -0.39 is 74.9 Å². The van der Waals surface area contributed by atoms with Crippen LogP contribution in [0.1, 0.15) is 20.3 Å². The van der Waals surface area contributed by atoms with E-state index in [9.17, 15) is 47.3 Å². The van der Waals surface area contributed by atoms with E-state index in [1.807, 2.05) is 0 Å². The molecule has 20 heteroatoms. The molecular weight excluding hydrogens is 568 g/mol. The van der Waals surface area contributed by atoms with Crippen LogP contribution in [0.5, 0.6) is 0 Å². The Morgan fingerprint density at radius 1 is 0.722 bits per heavy atom. The van der Waals surface area contributed by atoms with Crippen molar-refractivity contribution in [1.82, 2.24) is 19.6 Å². The van der Waals surface area contributed by atoms with Crippen molar-refractivity contribution >= 4 is 40.5 Å². The number of hydrogen-bond acceptors (Lipinski definition) is 12. The van der Waals surface area contributed by atoms with Crippen LogP contribution < -0.4 is 0 Å².